The first kappa shape index (κ1) is 12.3. The SMILES string of the molecule is CC(C)NC(=O)C1(C#N)C=C1c1cccc(F)c1. The molecule has 0 saturated carbocycles. The van der Waals surface area contributed by atoms with Crippen LogP contribution in [0.2, 0.25) is 0 Å². The molecule has 3 nitrogen and oxygen atoms in total. The number of rotatable bonds is 3. The molecule has 2 rings (SSSR count). The summed E-state index contributed by atoms with van der Waals surface area (Å²) in [7, 11) is 0. The van der Waals surface area contributed by atoms with Crippen LogP contribution < -0.4 is 5.32 Å². The number of hydrogen-bond donors (Lipinski definition) is 1. The Bertz CT molecular complexity index is 571. The molecule has 4 heteroatoms. The van der Waals surface area contributed by atoms with Crippen LogP contribution in [0.1, 0.15) is 19.4 Å². The van der Waals surface area contributed by atoms with E-state index in [0.717, 1.165) is 0 Å². The Morgan fingerprint density at radius 1 is 1.50 bits per heavy atom. The van der Waals surface area contributed by atoms with Crippen molar-refractivity contribution in [3.05, 3.63) is 41.7 Å². The Balaban J connectivity index is 2.22. The highest BCUT2D eigenvalue weighted by molar-refractivity contribution is 6.11. The van der Waals surface area contributed by atoms with Gasteiger partial charge in [0.05, 0.1) is 6.07 Å². The first-order chi connectivity index (χ1) is 8.49. The number of halogens is 1. The minimum Gasteiger partial charge on any atom is -0.352 e. The Hall–Kier alpha value is -2.15. The van der Waals surface area contributed by atoms with E-state index in [1.165, 1.54) is 12.1 Å². The van der Waals surface area contributed by atoms with E-state index in [2.05, 4.69) is 5.32 Å². The maximum atomic E-state index is 13.1. The van der Waals surface area contributed by atoms with Crippen molar-refractivity contribution >= 4 is 11.5 Å². The lowest BCUT2D eigenvalue weighted by atomic mass is 9.96. The minimum atomic E-state index is -1.22. The van der Waals surface area contributed by atoms with E-state index in [1.54, 1.807) is 18.2 Å². The van der Waals surface area contributed by atoms with Gasteiger partial charge in [0.2, 0.25) is 5.91 Å². The fourth-order valence-electron chi connectivity index (χ4n) is 1.85. The normalized spacial score (nSPS) is 21.2. The van der Waals surface area contributed by atoms with Crippen LogP contribution in [0.3, 0.4) is 0 Å². The first-order valence-corrected chi connectivity index (χ1v) is 5.71. The van der Waals surface area contributed by atoms with Gasteiger partial charge >= 0.3 is 0 Å². The van der Waals surface area contributed by atoms with Gasteiger partial charge in [0, 0.05) is 6.04 Å². The molecule has 1 aromatic rings. The quantitative estimate of drug-likeness (QED) is 0.886. The molecule has 0 saturated heterocycles. The predicted octanol–water partition coefficient (Wildman–Crippen LogP) is 2.26. The van der Waals surface area contributed by atoms with Gasteiger partial charge < -0.3 is 5.32 Å². The van der Waals surface area contributed by atoms with Crippen LogP contribution in [0.5, 0.6) is 0 Å². The largest absolute Gasteiger partial charge is 0.352 e. The molecule has 1 atom stereocenters. The summed E-state index contributed by atoms with van der Waals surface area (Å²) in [6, 6.07) is 7.87. The van der Waals surface area contributed by atoms with Crippen molar-refractivity contribution in [3.63, 3.8) is 0 Å². The summed E-state index contributed by atoms with van der Waals surface area (Å²) in [6.07, 6.45) is 1.57. The molecule has 0 spiro atoms. The van der Waals surface area contributed by atoms with Gasteiger partial charge in [-0.1, -0.05) is 12.1 Å². The fourth-order valence-corrected chi connectivity index (χ4v) is 1.85. The maximum absolute atomic E-state index is 13.1. The Labute approximate surface area is 105 Å². The molecule has 1 aliphatic rings. The molecule has 0 fully saturated rings. The van der Waals surface area contributed by atoms with Gasteiger partial charge in [-0.05, 0) is 43.2 Å². The van der Waals surface area contributed by atoms with Crippen LogP contribution in [-0.4, -0.2) is 11.9 Å². The lowest BCUT2D eigenvalue weighted by Crippen LogP contribution is -2.37. The van der Waals surface area contributed by atoms with Crippen molar-refractivity contribution < 1.29 is 9.18 Å². The number of hydrogen-bond acceptors (Lipinski definition) is 2. The zero-order valence-corrected chi connectivity index (χ0v) is 10.2. The predicted molar refractivity (Wildman–Crippen MR) is 65.7 cm³/mol. The second-order valence-electron chi connectivity index (χ2n) is 4.62. The monoisotopic (exact) mass is 244 g/mol. The molecular formula is C14H13FN2O. The molecule has 0 radical (unpaired) electrons. The average Bonchev–Trinajstić information content (AvgIpc) is 3.04. The van der Waals surface area contributed by atoms with Gasteiger partial charge in [-0.25, -0.2) is 4.39 Å². The molecule has 1 unspecified atom stereocenters. The summed E-state index contributed by atoms with van der Waals surface area (Å²) < 4.78 is 13.1. The van der Waals surface area contributed by atoms with E-state index in [9.17, 15) is 14.4 Å². The molecule has 0 aromatic heterocycles. The topological polar surface area (TPSA) is 52.9 Å². The molecule has 1 N–H and O–H groups in total. The molecule has 92 valence electrons. The van der Waals surface area contributed by atoms with E-state index in [-0.39, 0.29) is 17.8 Å². The van der Waals surface area contributed by atoms with Crippen LogP contribution in [-0.2, 0) is 4.79 Å². The Morgan fingerprint density at radius 3 is 2.78 bits per heavy atom. The fraction of sp³-hybridized carbons (Fsp3) is 0.286. The maximum Gasteiger partial charge on any atom is 0.249 e. The summed E-state index contributed by atoms with van der Waals surface area (Å²) in [6.45, 7) is 3.65. The smallest absolute Gasteiger partial charge is 0.249 e. The van der Waals surface area contributed by atoms with Crippen LogP contribution in [0.15, 0.2) is 30.3 Å². The van der Waals surface area contributed by atoms with Gasteiger partial charge in [-0.15, -0.1) is 0 Å². The van der Waals surface area contributed by atoms with Gasteiger partial charge in [-0.3, -0.25) is 4.79 Å². The van der Waals surface area contributed by atoms with Crippen LogP contribution in [0.4, 0.5) is 4.39 Å². The minimum absolute atomic E-state index is 0.0366. The molecule has 0 heterocycles. The second kappa shape index (κ2) is 4.26. The Morgan fingerprint density at radius 2 is 2.22 bits per heavy atom. The van der Waals surface area contributed by atoms with Crippen LogP contribution >= 0.6 is 0 Å². The van der Waals surface area contributed by atoms with Crippen molar-refractivity contribution in [1.82, 2.24) is 5.32 Å². The number of carbonyl (C=O) groups excluding carboxylic acids is 1. The van der Waals surface area contributed by atoms with E-state index in [1.807, 2.05) is 19.9 Å². The van der Waals surface area contributed by atoms with Crippen molar-refractivity contribution in [2.45, 2.75) is 19.9 Å². The highest BCUT2D eigenvalue weighted by atomic mass is 19.1. The number of nitrogens with zero attached hydrogens (tertiary/aromatic N) is 1. The lowest BCUT2D eigenvalue weighted by Gasteiger charge is -2.13. The third kappa shape index (κ3) is 2.00. The summed E-state index contributed by atoms with van der Waals surface area (Å²) in [5.74, 6) is -0.726. The number of nitrogens with one attached hydrogen (secondary N) is 1. The zero-order chi connectivity index (χ0) is 13.3. The van der Waals surface area contributed by atoms with Crippen molar-refractivity contribution in [2.24, 2.45) is 5.41 Å². The third-order valence-electron chi connectivity index (χ3n) is 2.79. The van der Waals surface area contributed by atoms with Crippen LogP contribution in [0.25, 0.3) is 5.57 Å². The first-order valence-electron chi connectivity index (χ1n) is 5.71. The number of amides is 1. The molecule has 1 aromatic carbocycles. The second-order valence-corrected chi connectivity index (χ2v) is 4.62. The van der Waals surface area contributed by atoms with Gasteiger partial charge in [0.25, 0.3) is 0 Å². The van der Waals surface area contributed by atoms with Gasteiger partial charge in [0.15, 0.2) is 5.41 Å². The molecular weight excluding hydrogens is 231 g/mol. The van der Waals surface area contributed by atoms with Gasteiger partial charge in [0.1, 0.15) is 5.82 Å². The van der Waals surface area contributed by atoms with E-state index >= 15 is 0 Å². The number of carbonyl (C=O) groups is 1. The summed E-state index contributed by atoms with van der Waals surface area (Å²) in [4.78, 5) is 12.0. The van der Waals surface area contributed by atoms with Crippen molar-refractivity contribution in [2.75, 3.05) is 0 Å². The summed E-state index contributed by atoms with van der Waals surface area (Å²) >= 11 is 0. The number of nitriles is 1. The molecule has 1 amide bonds. The van der Waals surface area contributed by atoms with E-state index in [4.69, 9.17) is 0 Å². The standard InChI is InChI=1S/C14H13FN2O/c1-9(2)17-13(18)14(8-16)7-12(14)10-4-3-5-11(15)6-10/h3-7,9H,1-2H3,(H,17,18). The van der Waals surface area contributed by atoms with E-state index in [0.29, 0.717) is 11.1 Å². The Kier molecular flexibility index (Phi) is 2.92. The zero-order valence-electron chi connectivity index (χ0n) is 10.2. The molecule has 0 bridgehead atoms. The molecule has 18 heavy (non-hydrogen) atoms. The highest BCUT2D eigenvalue weighted by Gasteiger charge is 2.52. The average molecular weight is 244 g/mol. The molecule has 1 aliphatic carbocycles. The van der Waals surface area contributed by atoms with Gasteiger partial charge in [-0.2, -0.15) is 5.26 Å². The van der Waals surface area contributed by atoms with Crippen LogP contribution in [0, 0.1) is 22.6 Å². The summed E-state index contributed by atoms with van der Waals surface area (Å²) in [5.41, 5.74) is -0.0731. The summed E-state index contributed by atoms with van der Waals surface area (Å²) in [5, 5.41) is 11.9. The lowest BCUT2D eigenvalue weighted by molar-refractivity contribution is -0.123. The van der Waals surface area contributed by atoms with E-state index < -0.39 is 5.41 Å². The van der Waals surface area contributed by atoms with Crippen molar-refractivity contribution in [3.8, 4) is 6.07 Å². The highest BCUT2D eigenvalue weighted by Crippen LogP contribution is 2.50. The molecule has 0 aliphatic heterocycles. The number of benzene rings is 1. The third-order valence-corrected chi connectivity index (χ3v) is 2.79. The van der Waals surface area contributed by atoms with Crippen molar-refractivity contribution in [1.29, 1.82) is 5.26 Å².